The van der Waals surface area contributed by atoms with Crippen LogP contribution in [-0.2, 0) is 0 Å². The van der Waals surface area contributed by atoms with Crippen LogP contribution in [-0.4, -0.2) is 13.1 Å². The Morgan fingerprint density at radius 3 is 2.69 bits per heavy atom. The molecular weight excluding hydrogens is 198 g/mol. The van der Waals surface area contributed by atoms with Crippen LogP contribution in [0.25, 0.3) is 0 Å². The fraction of sp³-hybridized carbons (Fsp3) is 0.462. The number of nitriles is 1. The molecule has 0 aromatic heterocycles. The third-order valence-electron chi connectivity index (χ3n) is 2.65. The Balaban J connectivity index is 2.96. The summed E-state index contributed by atoms with van der Waals surface area (Å²) in [5.74, 6) is 0. The molecule has 0 spiro atoms. The molecule has 1 rings (SSSR count). The smallest absolute Gasteiger partial charge is 0.101 e. The molecule has 0 fully saturated rings. The van der Waals surface area contributed by atoms with Crippen LogP contribution in [0.3, 0.4) is 0 Å². The molecule has 2 N–H and O–H groups in total. The first kappa shape index (κ1) is 12.4. The highest BCUT2D eigenvalue weighted by Crippen LogP contribution is 2.22. The summed E-state index contributed by atoms with van der Waals surface area (Å²) in [5, 5.41) is 9.08. The molecule has 0 heterocycles. The lowest BCUT2D eigenvalue weighted by atomic mass is 10.1. The normalized spacial score (nSPS) is 9.81. The van der Waals surface area contributed by atoms with Crippen LogP contribution < -0.4 is 10.6 Å². The molecule has 0 bridgehead atoms. The lowest BCUT2D eigenvalue weighted by Gasteiger charge is -2.24. The fourth-order valence-corrected chi connectivity index (χ4v) is 1.72. The summed E-state index contributed by atoms with van der Waals surface area (Å²) < 4.78 is 0. The number of unbranched alkanes of at least 4 members (excludes halogenated alkanes) is 1. The van der Waals surface area contributed by atoms with Gasteiger partial charge in [0.1, 0.15) is 6.07 Å². The van der Waals surface area contributed by atoms with Crippen molar-refractivity contribution in [1.29, 1.82) is 5.26 Å². The van der Waals surface area contributed by atoms with Gasteiger partial charge >= 0.3 is 0 Å². The average molecular weight is 217 g/mol. The molecule has 0 aliphatic rings. The van der Waals surface area contributed by atoms with E-state index in [1.54, 1.807) is 6.07 Å². The van der Waals surface area contributed by atoms with Gasteiger partial charge in [-0.1, -0.05) is 13.3 Å². The Hall–Kier alpha value is -1.69. The van der Waals surface area contributed by atoms with Crippen LogP contribution in [0, 0.1) is 11.3 Å². The zero-order valence-electron chi connectivity index (χ0n) is 10.0. The number of nitrogens with zero attached hydrogens (tertiary/aromatic N) is 2. The summed E-state index contributed by atoms with van der Waals surface area (Å²) in [6.45, 7) is 6.18. The molecule has 0 saturated carbocycles. The summed E-state index contributed by atoms with van der Waals surface area (Å²) in [6.07, 6.45) is 2.30. The van der Waals surface area contributed by atoms with E-state index in [0.29, 0.717) is 11.3 Å². The largest absolute Gasteiger partial charge is 0.399 e. The minimum Gasteiger partial charge on any atom is -0.399 e. The SMILES string of the molecule is CCCCN(CC)c1ccc(N)cc1C#N. The Morgan fingerprint density at radius 2 is 2.12 bits per heavy atom. The van der Waals surface area contributed by atoms with Gasteiger partial charge in [-0.2, -0.15) is 5.26 Å². The van der Waals surface area contributed by atoms with Crippen molar-refractivity contribution < 1.29 is 0 Å². The third kappa shape index (κ3) is 2.90. The van der Waals surface area contributed by atoms with Crippen molar-refractivity contribution in [2.24, 2.45) is 0 Å². The summed E-state index contributed by atoms with van der Waals surface area (Å²) in [5.41, 5.74) is 7.98. The molecule has 0 saturated heterocycles. The molecule has 0 aliphatic heterocycles. The van der Waals surface area contributed by atoms with Crippen LogP contribution in [0.5, 0.6) is 0 Å². The van der Waals surface area contributed by atoms with Crippen molar-refractivity contribution >= 4 is 11.4 Å². The van der Waals surface area contributed by atoms with E-state index in [0.717, 1.165) is 31.6 Å². The fourth-order valence-electron chi connectivity index (χ4n) is 1.72. The van der Waals surface area contributed by atoms with E-state index in [2.05, 4.69) is 24.8 Å². The highest BCUT2D eigenvalue weighted by molar-refractivity contribution is 5.64. The first-order valence-corrected chi connectivity index (χ1v) is 5.77. The summed E-state index contributed by atoms with van der Waals surface area (Å²) in [4.78, 5) is 2.22. The van der Waals surface area contributed by atoms with Gasteiger partial charge in [0.15, 0.2) is 0 Å². The van der Waals surface area contributed by atoms with Crippen LogP contribution in [0.4, 0.5) is 11.4 Å². The van der Waals surface area contributed by atoms with Crippen molar-refractivity contribution in [3.8, 4) is 6.07 Å². The maximum Gasteiger partial charge on any atom is 0.101 e. The summed E-state index contributed by atoms with van der Waals surface area (Å²) in [6, 6.07) is 7.74. The number of hydrogen-bond acceptors (Lipinski definition) is 3. The van der Waals surface area contributed by atoms with Crippen LogP contribution in [0.1, 0.15) is 32.3 Å². The van der Waals surface area contributed by atoms with Gasteiger partial charge in [-0.25, -0.2) is 0 Å². The standard InChI is InChI=1S/C13H19N3/c1-3-5-8-16(4-2)13-7-6-12(15)9-11(13)10-14/h6-7,9H,3-5,8,15H2,1-2H3. The van der Waals surface area contributed by atoms with Crippen LogP contribution >= 0.6 is 0 Å². The van der Waals surface area contributed by atoms with Crippen molar-refractivity contribution in [1.82, 2.24) is 0 Å². The molecular formula is C13H19N3. The first-order chi connectivity index (χ1) is 7.72. The predicted molar refractivity (Wildman–Crippen MR) is 68.4 cm³/mol. The van der Waals surface area contributed by atoms with Gasteiger partial charge in [0.25, 0.3) is 0 Å². The summed E-state index contributed by atoms with van der Waals surface area (Å²) >= 11 is 0. The number of hydrogen-bond donors (Lipinski definition) is 1. The number of anilines is 2. The van der Waals surface area contributed by atoms with Gasteiger partial charge in [0, 0.05) is 18.8 Å². The van der Waals surface area contributed by atoms with Crippen molar-refractivity contribution in [3.63, 3.8) is 0 Å². The zero-order chi connectivity index (χ0) is 12.0. The highest BCUT2D eigenvalue weighted by Gasteiger charge is 2.09. The van der Waals surface area contributed by atoms with E-state index < -0.39 is 0 Å². The van der Waals surface area contributed by atoms with Gasteiger partial charge in [0.2, 0.25) is 0 Å². The third-order valence-corrected chi connectivity index (χ3v) is 2.65. The minimum atomic E-state index is 0.645. The van der Waals surface area contributed by atoms with Crippen molar-refractivity contribution in [2.45, 2.75) is 26.7 Å². The molecule has 3 heteroatoms. The number of rotatable bonds is 5. The Labute approximate surface area is 97.5 Å². The Bertz CT molecular complexity index is 379. The molecule has 86 valence electrons. The van der Waals surface area contributed by atoms with Crippen LogP contribution in [0.2, 0.25) is 0 Å². The second-order valence-corrected chi connectivity index (χ2v) is 3.82. The molecule has 0 aliphatic carbocycles. The molecule has 16 heavy (non-hydrogen) atoms. The Kier molecular flexibility index (Phi) is 4.65. The highest BCUT2D eigenvalue weighted by atomic mass is 15.1. The van der Waals surface area contributed by atoms with Gasteiger partial charge in [0.05, 0.1) is 11.3 Å². The van der Waals surface area contributed by atoms with Gasteiger partial charge in [-0.05, 0) is 31.5 Å². The van der Waals surface area contributed by atoms with E-state index in [-0.39, 0.29) is 0 Å². The number of nitrogens with two attached hydrogens (primary N) is 1. The molecule has 0 atom stereocenters. The molecule has 1 aromatic rings. The van der Waals surface area contributed by atoms with Crippen LogP contribution in [0.15, 0.2) is 18.2 Å². The second kappa shape index (κ2) is 6.02. The van der Waals surface area contributed by atoms with Gasteiger partial charge in [-0.3, -0.25) is 0 Å². The molecule has 0 amide bonds. The average Bonchev–Trinajstić information content (AvgIpc) is 2.31. The lowest BCUT2D eigenvalue weighted by Crippen LogP contribution is -2.24. The second-order valence-electron chi connectivity index (χ2n) is 3.82. The quantitative estimate of drug-likeness (QED) is 0.771. The monoisotopic (exact) mass is 217 g/mol. The van der Waals surface area contributed by atoms with E-state index in [1.807, 2.05) is 12.1 Å². The van der Waals surface area contributed by atoms with Crippen molar-refractivity contribution in [3.05, 3.63) is 23.8 Å². The lowest BCUT2D eigenvalue weighted by molar-refractivity contribution is 0.731. The minimum absolute atomic E-state index is 0.645. The van der Waals surface area contributed by atoms with Crippen molar-refractivity contribution in [2.75, 3.05) is 23.7 Å². The van der Waals surface area contributed by atoms with Gasteiger partial charge in [-0.15, -0.1) is 0 Å². The number of nitrogen functional groups attached to an aromatic ring is 1. The van der Waals surface area contributed by atoms with Gasteiger partial charge < -0.3 is 10.6 Å². The molecule has 0 unspecified atom stereocenters. The van der Waals surface area contributed by atoms with E-state index >= 15 is 0 Å². The Morgan fingerprint density at radius 1 is 1.38 bits per heavy atom. The topological polar surface area (TPSA) is 53.0 Å². The molecule has 3 nitrogen and oxygen atoms in total. The predicted octanol–water partition coefficient (Wildman–Crippen LogP) is 2.77. The summed E-state index contributed by atoms with van der Waals surface area (Å²) in [7, 11) is 0. The van der Waals surface area contributed by atoms with E-state index in [9.17, 15) is 0 Å². The molecule has 0 radical (unpaired) electrons. The maximum absolute atomic E-state index is 9.08. The maximum atomic E-state index is 9.08. The van der Waals surface area contributed by atoms with E-state index in [1.165, 1.54) is 0 Å². The number of benzene rings is 1. The molecule has 1 aromatic carbocycles. The van der Waals surface area contributed by atoms with E-state index in [4.69, 9.17) is 11.0 Å². The zero-order valence-corrected chi connectivity index (χ0v) is 10.0. The first-order valence-electron chi connectivity index (χ1n) is 5.77.